The first kappa shape index (κ1) is 26.6. The molecule has 1 aliphatic rings. The Morgan fingerprint density at radius 1 is 1.18 bits per heavy atom. The summed E-state index contributed by atoms with van der Waals surface area (Å²) in [7, 11) is 1.19. The fourth-order valence-corrected chi connectivity index (χ4v) is 4.11. The summed E-state index contributed by atoms with van der Waals surface area (Å²) in [5, 5.41) is 9.39. The summed E-state index contributed by atoms with van der Waals surface area (Å²) in [6.45, 7) is 9.73. The highest BCUT2D eigenvalue weighted by atomic mass is 16.6. The van der Waals surface area contributed by atoms with Crippen LogP contribution in [0.1, 0.15) is 65.0 Å². The molecule has 8 heteroatoms. The maximum atomic E-state index is 12.8. The summed E-state index contributed by atoms with van der Waals surface area (Å²) in [5.41, 5.74) is 0.539. The number of carbonyl (C=O) groups is 3. The molecule has 1 saturated heterocycles. The van der Waals surface area contributed by atoms with Crippen LogP contribution < -0.4 is 0 Å². The first-order valence-electron chi connectivity index (χ1n) is 11.4. The predicted octanol–water partition coefficient (Wildman–Crippen LogP) is 4.19. The zero-order valence-electron chi connectivity index (χ0n) is 20.6. The number of unbranched alkanes of at least 4 members (excludes halogenated alkanes) is 1. The highest BCUT2D eigenvalue weighted by Gasteiger charge is 2.45. The second-order valence-electron chi connectivity index (χ2n) is 9.89. The smallest absolute Gasteiger partial charge is 0.412 e. The molecule has 1 N–H and O–H groups in total. The predicted molar refractivity (Wildman–Crippen MR) is 123 cm³/mol. The van der Waals surface area contributed by atoms with Gasteiger partial charge in [-0.1, -0.05) is 30.7 Å². The number of hydrogen-bond donors (Lipinski definition) is 1. The third kappa shape index (κ3) is 7.45. The van der Waals surface area contributed by atoms with Crippen LogP contribution in [0, 0.1) is 5.92 Å². The Labute approximate surface area is 196 Å². The molecule has 0 saturated carbocycles. The third-order valence-electron chi connectivity index (χ3n) is 5.72. The summed E-state index contributed by atoms with van der Waals surface area (Å²) in [4.78, 5) is 37.8. The molecule has 1 fully saturated rings. The van der Waals surface area contributed by atoms with Crippen LogP contribution in [-0.4, -0.2) is 59.1 Å². The number of hydrogen-bond acceptors (Lipinski definition) is 6. The lowest BCUT2D eigenvalue weighted by molar-refractivity contribution is -0.156. The Balaban J connectivity index is 1.97. The number of carboxylic acid groups (broad SMARTS) is 1. The van der Waals surface area contributed by atoms with E-state index in [-0.39, 0.29) is 18.6 Å². The Morgan fingerprint density at radius 2 is 1.82 bits per heavy atom. The van der Waals surface area contributed by atoms with Crippen molar-refractivity contribution in [2.24, 2.45) is 5.92 Å². The van der Waals surface area contributed by atoms with Gasteiger partial charge in [0.15, 0.2) is 5.92 Å². The Bertz CT molecular complexity index is 843. The van der Waals surface area contributed by atoms with E-state index in [4.69, 9.17) is 9.47 Å². The summed E-state index contributed by atoms with van der Waals surface area (Å²) >= 11 is 0. The molecule has 0 aliphatic carbocycles. The van der Waals surface area contributed by atoms with E-state index in [0.717, 1.165) is 36.8 Å². The molecule has 1 aromatic rings. The maximum absolute atomic E-state index is 12.8. The van der Waals surface area contributed by atoms with Crippen LogP contribution in [0.25, 0.3) is 0 Å². The number of benzene rings is 1. The van der Waals surface area contributed by atoms with Gasteiger partial charge in [0.25, 0.3) is 0 Å². The van der Waals surface area contributed by atoms with Crippen LogP contribution in [0.15, 0.2) is 24.3 Å². The molecule has 0 aromatic heterocycles. The van der Waals surface area contributed by atoms with E-state index < -0.39 is 29.2 Å². The molecule has 1 amide bonds. The average molecular weight is 464 g/mol. The second kappa shape index (κ2) is 11.0. The van der Waals surface area contributed by atoms with E-state index in [1.54, 1.807) is 4.90 Å². The number of amides is 1. The van der Waals surface area contributed by atoms with Crippen molar-refractivity contribution in [2.75, 3.05) is 13.7 Å². The van der Waals surface area contributed by atoms with E-state index in [1.807, 2.05) is 58.9 Å². The molecular formula is C25H37NO7. The van der Waals surface area contributed by atoms with Gasteiger partial charge < -0.3 is 19.3 Å². The summed E-state index contributed by atoms with van der Waals surface area (Å²) < 4.78 is 16.1. The molecule has 2 rings (SSSR count). The SMILES string of the molecule is COC(=O)C(Cc1ccccc1CCCC[C@H]1COC(C)(C)N1C(=O)OC(C)(C)C)C(=O)O. The lowest BCUT2D eigenvalue weighted by atomic mass is 9.93. The van der Waals surface area contributed by atoms with Gasteiger partial charge >= 0.3 is 18.0 Å². The molecule has 1 aromatic carbocycles. The van der Waals surface area contributed by atoms with Crippen molar-refractivity contribution < 1.29 is 33.7 Å². The van der Waals surface area contributed by atoms with Gasteiger partial charge in [-0.3, -0.25) is 14.5 Å². The van der Waals surface area contributed by atoms with Crippen molar-refractivity contribution in [1.29, 1.82) is 0 Å². The first-order chi connectivity index (χ1) is 15.4. The number of aliphatic carboxylic acids is 1. The van der Waals surface area contributed by atoms with Crippen LogP contribution >= 0.6 is 0 Å². The molecule has 8 nitrogen and oxygen atoms in total. The van der Waals surface area contributed by atoms with Crippen LogP contribution in [0.2, 0.25) is 0 Å². The minimum Gasteiger partial charge on any atom is -0.481 e. The number of ether oxygens (including phenoxy) is 3. The Hall–Kier alpha value is -2.61. The number of nitrogens with zero attached hydrogens (tertiary/aromatic N) is 1. The number of methoxy groups -OCH3 is 1. The van der Waals surface area contributed by atoms with Crippen LogP contribution in [0.4, 0.5) is 4.79 Å². The van der Waals surface area contributed by atoms with E-state index in [9.17, 15) is 19.5 Å². The van der Waals surface area contributed by atoms with Crippen LogP contribution in [0.3, 0.4) is 0 Å². The van der Waals surface area contributed by atoms with Gasteiger partial charge in [-0.05, 0) is 71.4 Å². The summed E-state index contributed by atoms with van der Waals surface area (Å²) in [6.07, 6.45) is 2.94. The van der Waals surface area contributed by atoms with Gasteiger partial charge in [-0.2, -0.15) is 0 Å². The molecule has 33 heavy (non-hydrogen) atoms. The lowest BCUT2D eigenvalue weighted by Gasteiger charge is -2.35. The molecule has 184 valence electrons. The molecule has 0 radical (unpaired) electrons. The molecule has 1 heterocycles. The van der Waals surface area contributed by atoms with E-state index >= 15 is 0 Å². The van der Waals surface area contributed by atoms with Crippen molar-refractivity contribution >= 4 is 18.0 Å². The highest BCUT2D eigenvalue weighted by molar-refractivity contribution is 5.94. The number of carbonyl (C=O) groups excluding carboxylic acids is 2. The second-order valence-corrected chi connectivity index (χ2v) is 9.89. The van der Waals surface area contributed by atoms with Gasteiger partial charge in [0.2, 0.25) is 0 Å². The number of esters is 1. The van der Waals surface area contributed by atoms with Crippen molar-refractivity contribution in [3.8, 4) is 0 Å². The number of rotatable bonds is 9. The molecule has 1 aliphatic heterocycles. The van der Waals surface area contributed by atoms with Gasteiger partial charge in [-0.15, -0.1) is 0 Å². The first-order valence-corrected chi connectivity index (χ1v) is 11.4. The third-order valence-corrected chi connectivity index (χ3v) is 5.72. The monoisotopic (exact) mass is 463 g/mol. The van der Waals surface area contributed by atoms with Gasteiger partial charge in [-0.25, -0.2) is 4.79 Å². The van der Waals surface area contributed by atoms with Crippen molar-refractivity contribution in [3.05, 3.63) is 35.4 Å². The van der Waals surface area contributed by atoms with Gasteiger partial charge in [0.05, 0.1) is 19.8 Å². The van der Waals surface area contributed by atoms with Gasteiger partial charge in [0, 0.05) is 0 Å². The standard InChI is InChI=1S/C25H37NO7/c1-24(2,3)33-23(30)26-19(16-32-25(26,4)5)14-10-9-12-17-11-7-8-13-18(17)15-20(21(27)28)22(29)31-6/h7-8,11,13,19-20H,9-10,12,14-16H2,1-6H3,(H,27,28)/t19-,20?/m0/s1. The minimum atomic E-state index is -1.23. The molecular weight excluding hydrogens is 426 g/mol. The van der Waals surface area contributed by atoms with Crippen LogP contribution in [-0.2, 0) is 36.6 Å². The largest absolute Gasteiger partial charge is 0.481 e. The van der Waals surface area contributed by atoms with E-state index in [1.165, 1.54) is 7.11 Å². The summed E-state index contributed by atoms with van der Waals surface area (Å²) in [6, 6.07) is 7.49. The summed E-state index contributed by atoms with van der Waals surface area (Å²) in [5.74, 6) is -3.16. The molecule has 0 spiro atoms. The zero-order valence-corrected chi connectivity index (χ0v) is 20.6. The van der Waals surface area contributed by atoms with Crippen LogP contribution in [0.5, 0.6) is 0 Å². The fourth-order valence-electron chi connectivity index (χ4n) is 4.11. The van der Waals surface area contributed by atoms with Crippen molar-refractivity contribution in [3.63, 3.8) is 0 Å². The fraction of sp³-hybridized carbons (Fsp3) is 0.640. The van der Waals surface area contributed by atoms with Crippen molar-refractivity contribution in [2.45, 2.75) is 84.1 Å². The van der Waals surface area contributed by atoms with Crippen molar-refractivity contribution in [1.82, 2.24) is 4.90 Å². The molecule has 1 unspecified atom stereocenters. The number of aryl methyl sites for hydroxylation is 1. The molecule has 0 bridgehead atoms. The Kier molecular flexibility index (Phi) is 8.89. The quantitative estimate of drug-likeness (QED) is 0.333. The van der Waals surface area contributed by atoms with Gasteiger partial charge in [0.1, 0.15) is 11.3 Å². The normalized spacial score (nSPS) is 18.6. The number of carboxylic acids is 1. The molecule has 2 atom stereocenters. The van der Waals surface area contributed by atoms with E-state index in [0.29, 0.717) is 6.61 Å². The Morgan fingerprint density at radius 3 is 2.39 bits per heavy atom. The maximum Gasteiger partial charge on any atom is 0.412 e. The minimum absolute atomic E-state index is 0.0687. The van der Waals surface area contributed by atoms with E-state index in [2.05, 4.69) is 4.74 Å². The topological polar surface area (TPSA) is 102 Å². The lowest BCUT2D eigenvalue weighted by Crippen LogP contribution is -2.49. The highest BCUT2D eigenvalue weighted by Crippen LogP contribution is 2.32. The zero-order chi connectivity index (χ0) is 24.8. The average Bonchev–Trinajstić information content (AvgIpc) is 3.02.